The summed E-state index contributed by atoms with van der Waals surface area (Å²) in [6, 6.07) is 14.1. The van der Waals surface area contributed by atoms with Crippen LogP contribution < -0.4 is 10.6 Å². The summed E-state index contributed by atoms with van der Waals surface area (Å²) >= 11 is 0. The van der Waals surface area contributed by atoms with Gasteiger partial charge in [0.15, 0.2) is 5.96 Å². The molecule has 1 unspecified atom stereocenters. The van der Waals surface area contributed by atoms with E-state index in [4.69, 9.17) is 0 Å². The van der Waals surface area contributed by atoms with Crippen LogP contribution in [0, 0.1) is 0 Å². The Morgan fingerprint density at radius 2 is 1.90 bits per heavy atom. The van der Waals surface area contributed by atoms with E-state index in [9.17, 15) is 5.11 Å². The molecule has 2 rings (SSSR count). The Kier molecular flexibility index (Phi) is 6.74. The maximum absolute atomic E-state index is 10.2. The number of hydrogen-bond acceptors (Lipinski definition) is 2. The highest BCUT2D eigenvalue weighted by Crippen LogP contribution is 2.19. The van der Waals surface area contributed by atoms with Gasteiger partial charge in [0, 0.05) is 20.6 Å². The van der Waals surface area contributed by atoms with Crippen molar-refractivity contribution in [3.63, 3.8) is 0 Å². The lowest BCUT2D eigenvalue weighted by Gasteiger charge is -2.14. The molecular weight excluding hydrogens is 365 g/mol. The van der Waals surface area contributed by atoms with E-state index in [0.717, 1.165) is 10.9 Å². The summed E-state index contributed by atoms with van der Waals surface area (Å²) in [6.07, 6.45) is -0.560. The fraction of sp³-hybridized carbons (Fsp3) is 0.267. The Hall–Kier alpha value is -1.34. The number of hydrogen-bond donors (Lipinski definition) is 3. The molecule has 2 aromatic carbocycles. The molecule has 0 fully saturated rings. The summed E-state index contributed by atoms with van der Waals surface area (Å²) in [5.74, 6) is 0.667. The first-order valence-electron chi connectivity index (χ1n) is 6.29. The van der Waals surface area contributed by atoms with Crippen molar-refractivity contribution >= 4 is 40.7 Å². The summed E-state index contributed by atoms with van der Waals surface area (Å²) in [6.45, 7) is 0.422. The molecular formula is C15H20IN3O. The van der Waals surface area contributed by atoms with E-state index in [1.54, 1.807) is 14.1 Å². The van der Waals surface area contributed by atoms with Gasteiger partial charge in [-0.25, -0.2) is 0 Å². The summed E-state index contributed by atoms with van der Waals surface area (Å²) in [7, 11) is 3.49. The largest absolute Gasteiger partial charge is 0.387 e. The van der Waals surface area contributed by atoms with Gasteiger partial charge in [0.05, 0.1) is 6.10 Å². The average molecular weight is 385 g/mol. The maximum atomic E-state index is 10.2. The van der Waals surface area contributed by atoms with Gasteiger partial charge < -0.3 is 15.7 Å². The second-order valence-corrected chi connectivity index (χ2v) is 4.33. The molecule has 0 aromatic heterocycles. The molecule has 0 bridgehead atoms. The van der Waals surface area contributed by atoms with Crippen molar-refractivity contribution in [1.29, 1.82) is 0 Å². The van der Waals surface area contributed by atoms with Gasteiger partial charge >= 0.3 is 0 Å². The first-order chi connectivity index (χ1) is 9.24. The zero-order valence-electron chi connectivity index (χ0n) is 11.6. The molecule has 0 radical (unpaired) electrons. The van der Waals surface area contributed by atoms with Crippen LogP contribution in [0.3, 0.4) is 0 Å². The number of aliphatic hydroxyl groups is 1. The van der Waals surface area contributed by atoms with Crippen molar-refractivity contribution in [2.24, 2.45) is 4.99 Å². The predicted molar refractivity (Wildman–Crippen MR) is 94.7 cm³/mol. The van der Waals surface area contributed by atoms with Crippen LogP contribution in [-0.2, 0) is 0 Å². The minimum Gasteiger partial charge on any atom is -0.387 e. The third-order valence-electron chi connectivity index (χ3n) is 3.08. The predicted octanol–water partition coefficient (Wildman–Crippen LogP) is 2.29. The van der Waals surface area contributed by atoms with E-state index in [1.807, 2.05) is 36.4 Å². The third-order valence-corrected chi connectivity index (χ3v) is 3.08. The van der Waals surface area contributed by atoms with Crippen LogP contribution in [0.4, 0.5) is 0 Å². The Bertz CT molecular complexity index is 586. The number of benzene rings is 2. The molecule has 20 heavy (non-hydrogen) atoms. The van der Waals surface area contributed by atoms with Crippen molar-refractivity contribution in [1.82, 2.24) is 10.6 Å². The number of nitrogens with one attached hydrogen (secondary N) is 2. The van der Waals surface area contributed by atoms with Gasteiger partial charge in [0.25, 0.3) is 0 Å². The first-order valence-corrected chi connectivity index (χ1v) is 6.29. The minimum atomic E-state index is -0.560. The lowest BCUT2D eigenvalue weighted by molar-refractivity contribution is 0.181. The molecule has 108 valence electrons. The molecule has 0 aliphatic heterocycles. The van der Waals surface area contributed by atoms with Crippen molar-refractivity contribution in [2.45, 2.75) is 6.10 Å². The number of aliphatic hydroxyl groups excluding tert-OH is 1. The number of rotatable bonds is 3. The maximum Gasteiger partial charge on any atom is 0.190 e. The lowest BCUT2D eigenvalue weighted by atomic mass is 10.0. The fourth-order valence-electron chi connectivity index (χ4n) is 2.01. The normalized spacial score (nSPS) is 12.7. The van der Waals surface area contributed by atoms with Crippen LogP contribution in [0.1, 0.15) is 11.7 Å². The second kappa shape index (κ2) is 8.06. The summed E-state index contributed by atoms with van der Waals surface area (Å²) < 4.78 is 0. The number of nitrogens with zero attached hydrogens (tertiary/aromatic N) is 1. The van der Waals surface area contributed by atoms with Gasteiger partial charge in [0.2, 0.25) is 0 Å². The zero-order chi connectivity index (χ0) is 13.7. The number of guanidine groups is 1. The number of halogens is 1. The first kappa shape index (κ1) is 16.7. The molecule has 0 spiro atoms. The molecule has 1 atom stereocenters. The Balaban J connectivity index is 0.00000200. The Morgan fingerprint density at radius 3 is 2.55 bits per heavy atom. The van der Waals surface area contributed by atoms with E-state index in [0.29, 0.717) is 12.5 Å². The molecule has 0 saturated carbocycles. The minimum absolute atomic E-state index is 0. The third kappa shape index (κ3) is 4.08. The smallest absolute Gasteiger partial charge is 0.190 e. The summed E-state index contributed by atoms with van der Waals surface area (Å²) in [5, 5.41) is 18.5. The van der Waals surface area contributed by atoms with E-state index in [2.05, 4.69) is 21.7 Å². The Morgan fingerprint density at radius 1 is 1.20 bits per heavy atom. The quantitative estimate of drug-likeness (QED) is 0.432. The van der Waals surface area contributed by atoms with E-state index < -0.39 is 6.10 Å². The van der Waals surface area contributed by atoms with Gasteiger partial charge in [-0.3, -0.25) is 4.99 Å². The highest BCUT2D eigenvalue weighted by molar-refractivity contribution is 14.0. The molecule has 2 aromatic rings. The van der Waals surface area contributed by atoms with Gasteiger partial charge in [-0.2, -0.15) is 0 Å². The summed E-state index contributed by atoms with van der Waals surface area (Å²) in [4.78, 5) is 4.01. The van der Waals surface area contributed by atoms with Gasteiger partial charge in [0.1, 0.15) is 0 Å². The van der Waals surface area contributed by atoms with Crippen molar-refractivity contribution in [3.05, 3.63) is 48.0 Å². The molecule has 0 aliphatic carbocycles. The van der Waals surface area contributed by atoms with Crippen molar-refractivity contribution in [3.8, 4) is 0 Å². The number of fused-ring (bicyclic) bond motifs is 1. The van der Waals surface area contributed by atoms with Crippen LogP contribution in [-0.4, -0.2) is 31.7 Å². The van der Waals surface area contributed by atoms with Crippen LogP contribution in [0.5, 0.6) is 0 Å². The molecule has 0 aliphatic rings. The summed E-state index contributed by atoms with van der Waals surface area (Å²) in [5.41, 5.74) is 0.901. The molecule has 3 N–H and O–H groups in total. The van der Waals surface area contributed by atoms with Crippen LogP contribution >= 0.6 is 24.0 Å². The van der Waals surface area contributed by atoms with Crippen molar-refractivity contribution < 1.29 is 5.11 Å². The molecule has 4 nitrogen and oxygen atoms in total. The average Bonchev–Trinajstić information content (AvgIpc) is 2.47. The van der Waals surface area contributed by atoms with E-state index in [1.165, 1.54) is 5.39 Å². The highest BCUT2D eigenvalue weighted by atomic mass is 127. The highest BCUT2D eigenvalue weighted by Gasteiger charge is 2.08. The Labute approximate surface area is 136 Å². The van der Waals surface area contributed by atoms with Crippen LogP contribution in [0.2, 0.25) is 0 Å². The SMILES string of the molecule is CN=C(NC)NCC(O)c1ccc2ccccc2c1.I. The molecule has 0 amide bonds. The van der Waals surface area contributed by atoms with E-state index >= 15 is 0 Å². The van der Waals surface area contributed by atoms with Gasteiger partial charge in [-0.1, -0.05) is 36.4 Å². The standard InChI is InChI=1S/C15H19N3O.HI/c1-16-15(17-2)18-10-14(19)13-8-7-11-5-3-4-6-12(11)9-13;/h3-9,14,19H,10H2,1-2H3,(H2,16,17,18);1H. The second-order valence-electron chi connectivity index (χ2n) is 4.33. The molecule has 0 heterocycles. The van der Waals surface area contributed by atoms with E-state index in [-0.39, 0.29) is 24.0 Å². The van der Waals surface area contributed by atoms with Crippen molar-refractivity contribution in [2.75, 3.05) is 20.6 Å². The van der Waals surface area contributed by atoms with Gasteiger partial charge in [-0.15, -0.1) is 24.0 Å². The molecule has 0 saturated heterocycles. The monoisotopic (exact) mass is 385 g/mol. The molecule has 5 heteroatoms. The fourth-order valence-corrected chi connectivity index (χ4v) is 2.01. The number of aliphatic imine (C=N–C) groups is 1. The zero-order valence-corrected chi connectivity index (χ0v) is 14.0. The van der Waals surface area contributed by atoms with Gasteiger partial charge in [-0.05, 0) is 22.4 Å². The van der Waals surface area contributed by atoms with Crippen LogP contribution in [0.25, 0.3) is 10.8 Å². The lowest BCUT2D eigenvalue weighted by Crippen LogP contribution is -2.37. The van der Waals surface area contributed by atoms with Crippen LogP contribution in [0.15, 0.2) is 47.5 Å². The topological polar surface area (TPSA) is 56.7 Å².